The zero-order valence-electron chi connectivity index (χ0n) is 17.5. The smallest absolute Gasteiger partial charge is 0.254 e. The number of aromatic nitrogens is 3. The van der Waals surface area contributed by atoms with Crippen LogP contribution in [0, 0.1) is 0 Å². The van der Waals surface area contributed by atoms with E-state index in [1.54, 1.807) is 31.6 Å². The summed E-state index contributed by atoms with van der Waals surface area (Å²) in [6.07, 6.45) is 3.28. The Labute approximate surface area is 180 Å². The van der Waals surface area contributed by atoms with Crippen LogP contribution in [0.15, 0.2) is 65.7 Å². The number of hydrogen-bond donors (Lipinski definition) is 0. The molecule has 0 N–H and O–H groups in total. The SMILES string of the molecule is COCc1cc(=O)n(CC(=O)N2CCN(c3ccccc3)CC2)c(-c2ccncc2)n1. The number of hydrogen-bond acceptors (Lipinski definition) is 6. The molecule has 1 aromatic carbocycles. The maximum Gasteiger partial charge on any atom is 0.254 e. The van der Waals surface area contributed by atoms with Crippen molar-refractivity contribution in [3.63, 3.8) is 0 Å². The molecular formula is C23H25N5O3. The molecule has 2 aromatic heterocycles. The molecule has 1 aliphatic heterocycles. The Bertz CT molecular complexity index is 1080. The van der Waals surface area contributed by atoms with E-state index in [-0.39, 0.29) is 24.6 Å². The molecule has 0 saturated carbocycles. The zero-order valence-corrected chi connectivity index (χ0v) is 17.5. The number of benzene rings is 1. The van der Waals surface area contributed by atoms with Crippen LogP contribution in [0.25, 0.3) is 11.4 Å². The molecule has 1 amide bonds. The summed E-state index contributed by atoms with van der Waals surface area (Å²) in [7, 11) is 1.55. The molecule has 1 aliphatic rings. The number of carbonyl (C=O) groups excluding carboxylic acids is 1. The van der Waals surface area contributed by atoms with Gasteiger partial charge in [0.2, 0.25) is 5.91 Å². The lowest BCUT2D eigenvalue weighted by atomic mass is 10.2. The van der Waals surface area contributed by atoms with E-state index in [1.807, 2.05) is 23.1 Å². The van der Waals surface area contributed by atoms with Crippen LogP contribution >= 0.6 is 0 Å². The number of amides is 1. The Kier molecular flexibility index (Phi) is 6.37. The van der Waals surface area contributed by atoms with Crippen LogP contribution in [0.4, 0.5) is 5.69 Å². The average molecular weight is 419 g/mol. The molecule has 8 nitrogen and oxygen atoms in total. The number of rotatable bonds is 6. The van der Waals surface area contributed by atoms with Gasteiger partial charge in [0, 0.05) is 63.0 Å². The summed E-state index contributed by atoms with van der Waals surface area (Å²) in [4.78, 5) is 38.6. The quantitative estimate of drug-likeness (QED) is 0.606. The number of methoxy groups -OCH3 is 1. The van der Waals surface area contributed by atoms with Crippen molar-refractivity contribution in [1.29, 1.82) is 0 Å². The third kappa shape index (κ3) is 4.80. The number of pyridine rings is 1. The molecule has 8 heteroatoms. The van der Waals surface area contributed by atoms with Crippen LogP contribution in [0.1, 0.15) is 5.69 Å². The molecule has 0 bridgehead atoms. The molecule has 0 aliphatic carbocycles. The van der Waals surface area contributed by atoms with Crippen LogP contribution in [0.3, 0.4) is 0 Å². The van der Waals surface area contributed by atoms with Gasteiger partial charge in [-0.2, -0.15) is 0 Å². The van der Waals surface area contributed by atoms with Crippen molar-refractivity contribution in [3.8, 4) is 11.4 Å². The fourth-order valence-corrected chi connectivity index (χ4v) is 3.74. The van der Waals surface area contributed by atoms with Gasteiger partial charge in [0.05, 0.1) is 12.3 Å². The van der Waals surface area contributed by atoms with Gasteiger partial charge in [-0.05, 0) is 24.3 Å². The lowest BCUT2D eigenvalue weighted by Crippen LogP contribution is -2.50. The second kappa shape index (κ2) is 9.53. The summed E-state index contributed by atoms with van der Waals surface area (Å²) in [6.45, 7) is 2.91. The number of anilines is 1. The molecule has 160 valence electrons. The largest absolute Gasteiger partial charge is 0.378 e. The highest BCUT2D eigenvalue weighted by Crippen LogP contribution is 2.18. The second-order valence-corrected chi connectivity index (χ2v) is 7.37. The van der Waals surface area contributed by atoms with E-state index in [4.69, 9.17) is 4.74 Å². The lowest BCUT2D eigenvalue weighted by Gasteiger charge is -2.36. The third-order valence-electron chi connectivity index (χ3n) is 5.34. The Balaban J connectivity index is 1.52. The maximum absolute atomic E-state index is 13.0. The van der Waals surface area contributed by atoms with E-state index < -0.39 is 0 Å². The predicted octanol–water partition coefficient (Wildman–Crippen LogP) is 1.80. The molecule has 31 heavy (non-hydrogen) atoms. The molecule has 3 aromatic rings. The highest BCUT2D eigenvalue weighted by molar-refractivity contribution is 5.77. The van der Waals surface area contributed by atoms with Gasteiger partial charge in [0.15, 0.2) is 0 Å². The van der Waals surface area contributed by atoms with Gasteiger partial charge < -0.3 is 14.5 Å². The predicted molar refractivity (Wildman–Crippen MR) is 118 cm³/mol. The normalized spacial score (nSPS) is 14.0. The molecule has 0 radical (unpaired) electrons. The van der Waals surface area contributed by atoms with Crippen LogP contribution in [0.5, 0.6) is 0 Å². The molecule has 1 fully saturated rings. The first-order valence-electron chi connectivity index (χ1n) is 10.2. The maximum atomic E-state index is 13.0. The van der Waals surface area contributed by atoms with Gasteiger partial charge in [-0.1, -0.05) is 18.2 Å². The minimum absolute atomic E-state index is 0.0535. The van der Waals surface area contributed by atoms with Crippen LogP contribution in [0.2, 0.25) is 0 Å². The van der Waals surface area contributed by atoms with Crippen LogP contribution in [-0.2, 0) is 22.7 Å². The summed E-state index contributed by atoms with van der Waals surface area (Å²) >= 11 is 0. The van der Waals surface area contributed by atoms with Crippen molar-refractivity contribution >= 4 is 11.6 Å². The van der Waals surface area contributed by atoms with Gasteiger partial charge >= 0.3 is 0 Å². The summed E-state index contributed by atoms with van der Waals surface area (Å²) < 4.78 is 6.56. The minimum Gasteiger partial charge on any atom is -0.378 e. The summed E-state index contributed by atoms with van der Waals surface area (Å²) in [6, 6.07) is 15.1. The number of para-hydroxylation sites is 1. The van der Waals surface area contributed by atoms with Gasteiger partial charge in [-0.3, -0.25) is 19.1 Å². The van der Waals surface area contributed by atoms with Crippen LogP contribution in [-0.4, -0.2) is 58.6 Å². The number of ether oxygens (including phenoxy) is 1. The van der Waals surface area contributed by atoms with Crippen molar-refractivity contribution in [3.05, 3.63) is 77.0 Å². The Morgan fingerprint density at radius 2 is 1.74 bits per heavy atom. The molecule has 4 rings (SSSR count). The van der Waals surface area contributed by atoms with Gasteiger partial charge in [0.1, 0.15) is 12.4 Å². The average Bonchev–Trinajstić information content (AvgIpc) is 2.82. The number of carbonyl (C=O) groups is 1. The van der Waals surface area contributed by atoms with Crippen molar-refractivity contribution in [1.82, 2.24) is 19.4 Å². The highest BCUT2D eigenvalue weighted by Gasteiger charge is 2.23. The Hall–Kier alpha value is -3.52. The van der Waals surface area contributed by atoms with E-state index in [2.05, 4.69) is 27.0 Å². The fourth-order valence-electron chi connectivity index (χ4n) is 3.74. The molecule has 1 saturated heterocycles. The summed E-state index contributed by atoms with van der Waals surface area (Å²) in [5.41, 5.74) is 2.14. The molecule has 0 unspecified atom stereocenters. The van der Waals surface area contributed by atoms with Crippen molar-refractivity contribution in [2.45, 2.75) is 13.2 Å². The van der Waals surface area contributed by atoms with Gasteiger partial charge in [-0.15, -0.1) is 0 Å². The van der Waals surface area contributed by atoms with E-state index in [0.29, 0.717) is 24.6 Å². The Morgan fingerprint density at radius 1 is 1.03 bits per heavy atom. The first kappa shape index (κ1) is 20.7. The van der Waals surface area contributed by atoms with E-state index in [1.165, 1.54) is 10.6 Å². The standard InChI is InChI=1S/C23H25N5O3/c1-31-17-19-15-21(29)28(23(25-19)18-7-9-24-10-8-18)16-22(30)27-13-11-26(12-14-27)20-5-3-2-4-6-20/h2-10,15H,11-14,16-17H2,1H3. The minimum atomic E-state index is -0.273. The van der Waals surface area contributed by atoms with Gasteiger partial charge in [0.25, 0.3) is 5.56 Å². The first-order valence-corrected chi connectivity index (χ1v) is 10.2. The van der Waals surface area contributed by atoms with Crippen LogP contribution < -0.4 is 10.5 Å². The summed E-state index contributed by atoms with van der Waals surface area (Å²) in [5.74, 6) is 0.352. The molecule has 3 heterocycles. The third-order valence-corrected chi connectivity index (χ3v) is 5.34. The van der Waals surface area contributed by atoms with Gasteiger partial charge in [-0.25, -0.2) is 4.98 Å². The number of nitrogens with zero attached hydrogens (tertiary/aromatic N) is 5. The zero-order chi connectivity index (χ0) is 21.6. The molecule has 0 atom stereocenters. The highest BCUT2D eigenvalue weighted by atomic mass is 16.5. The lowest BCUT2D eigenvalue weighted by molar-refractivity contribution is -0.132. The second-order valence-electron chi connectivity index (χ2n) is 7.37. The first-order chi connectivity index (χ1) is 15.2. The molecule has 0 spiro atoms. The Morgan fingerprint density at radius 3 is 2.42 bits per heavy atom. The number of piperazine rings is 1. The van der Waals surface area contributed by atoms with E-state index in [0.717, 1.165) is 24.3 Å². The van der Waals surface area contributed by atoms with Crippen molar-refractivity contribution < 1.29 is 9.53 Å². The fraction of sp³-hybridized carbons (Fsp3) is 0.304. The van der Waals surface area contributed by atoms with Crippen molar-refractivity contribution in [2.75, 3.05) is 38.2 Å². The van der Waals surface area contributed by atoms with E-state index >= 15 is 0 Å². The van der Waals surface area contributed by atoms with E-state index in [9.17, 15) is 9.59 Å². The van der Waals surface area contributed by atoms with Crippen molar-refractivity contribution in [2.24, 2.45) is 0 Å². The summed E-state index contributed by atoms with van der Waals surface area (Å²) in [5, 5.41) is 0. The molecular weight excluding hydrogens is 394 g/mol. The topological polar surface area (TPSA) is 80.6 Å². The monoisotopic (exact) mass is 419 g/mol.